The molecule has 5 nitrogen and oxygen atoms in total. The molecule has 0 spiro atoms. The minimum Gasteiger partial charge on any atom is -0.497 e. The van der Waals surface area contributed by atoms with E-state index in [1.54, 1.807) is 18.9 Å². The molecule has 142 valence electrons. The van der Waals surface area contributed by atoms with Crippen LogP contribution in [0.1, 0.15) is 24.9 Å². The highest BCUT2D eigenvalue weighted by atomic mass is 32.2. The largest absolute Gasteiger partial charge is 0.497 e. The molecule has 27 heavy (non-hydrogen) atoms. The number of carbonyl (C=O) groups excluding carboxylic acids is 2. The SMILES string of the molecule is C=CCSc1ccccc1NC(=O)CC(NC(C)=O)c1ccc(OC)cc1. The van der Waals surface area contributed by atoms with Crippen LogP contribution in [-0.2, 0) is 9.59 Å². The lowest BCUT2D eigenvalue weighted by molar-refractivity contribution is -0.120. The molecule has 0 radical (unpaired) electrons. The molecular weight excluding hydrogens is 360 g/mol. The summed E-state index contributed by atoms with van der Waals surface area (Å²) in [6.07, 6.45) is 1.95. The van der Waals surface area contributed by atoms with Crippen LogP contribution in [0.2, 0.25) is 0 Å². The van der Waals surface area contributed by atoms with Crippen molar-refractivity contribution in [3.63, 3.8) is 0 Å². The summed E-state index contributed by atoms with van der Waals surface area (Å²) in [6, 6.07) is 14.5. The van der Waals surface area contributed by atoms with Crippen molar-refractivity contribution in [1.82, 2.24) is 5.32 Å². The van der Waals surface area contributed by atoms with Crippen molar-refractivity contribution in [3.8, 4) is 5.75 Å². The summed E-state index contributed by atoms with van der Waals surface area (Å²) in [6.45, 7) is 5.16. The predicted molar refractivity (Wildman–Crippen MR) is 110 cm³/mol. The average molecular weight is 385 g/mol. The van der Waals surface area contributed by atoms with Gasteiger partial charge in [0.05, 0.1) is 25.3 Å². The molecule has 0 aliphatic rings. The smallest absolute Gasteiger partial charge is 0.226 e. The number of ether oxygens (including phenoxy) is 1. The Kier molecular flexibility index (Phi) is 7.95. The number of carbonyl (C=O) groups is 2. The van der Waals surface area contributed by atoms with Gasteiger partial charge in [-0.25, -0.2) is 0 Å². The van der Waals surface area contributed by atoms with Gasteiger partial charge < -0.3 is 15.4 Å². The van der Waals surface area contributed by atoms with Gasteiger partial charge in [0.1, 0.15) is 5.75 Å². The van der Waals surface area contributed by atoms with Gasteiger partial charge in [0.15, 0.2) is 0 Å². The van der Waals surface area contributed by atoms with Crippen molar-refractivity contribution < 1.29 is 14.3 Å². The molecule has 2 N–H and O–H groups in total. The summed E-state index contributed by atoms with van der Waals surface area (Å²) in [5.74, 6) is 1.12. The van der Waals surface area contributed by atoms with Crippen molar-refractivity contribution in [3.05, 3.63) is 66.7 Å². The summed E-state index contributed by atoms with van der Waals surface area (Å²) >= 11 is 1.60. The molecule has 0 saturated heterocycles. The van der Waals surface area contributed by atoms with Crippen LogP contribution in [0.25, 0.3) is 0 Å². The molecule has 0 aromatic heterocycles. The molecule has 2 aromatic carbocycles. The number of anilines is 1. The third-order valence-corrected chi connectivity index (χ3v) is 4.87. The first-order valence-corrected chi connectivity index (χ1v) is 9.55. The quantitative estimate of drug-likeness (QED) is 0.503. The number of para-hydroxylation sites is 1. The maximum atomic E-state index is 12.6. The number of hydrogen-bond donors (Lipinski definition) is 2. The van der Waals surface area contributed by atoms with Crippen LogP contribution >= 0.6 is 11.8 Å². The third kappa shape index (κ3) is 6.49. The average Bonchev–Trinajstić information content (AvgIpc) is 2.66. The van der Waals surface area contributed by atoms with Crippen molar-refractivity contribution in [2.45, 2.75) is 24.3 Å². The Hall–Kier alpha value is -2.73. The Balaban J connectivity index is 2.11. The van der Waals surface area contributed by atoms with Crippen molar-refractivity contribution in [2.75, 3.05) is 18.2 Å². The molecule has 6 heteroatoms. The Morgan fingerprint density at radius 1 is 1.19 bits per heavy atom. The number of thioether (sulfide) groups is 1. The maximum absolute atomic E-state index is 12.6. The van der Waals surface area contributed by atoms with E-state index in [1.165, 1.54) is 6.92 Å². The number of nitrogens with one attached hydrogen (secondary N) is 2. The Morgan fingerprint density at radius 2 is 1.89 bits per heavy atom. The Bertz CT molecular complexity index is 790. The molecular formula is C21H24N2O3S. The highest BCUT2D eigenvalue weighted by Crippen LogP contribution is 2.28. The van der Waals surface area contributed by atoms with Crippen LogP contribution in [0, 0.1) is 0 Å². The minimum absolute atomic E-state index is 0.131. The number of benzene rings is 2. The highest BCUT2D eigenvalue weighted by molar-refractivity contribution is 7.99. The fourth-order valence-corrected chi connectivity index (χ4v) is 3.31. The Labute approximate surface area is 164 Å². The summed E-state index contributed by atoms with van der Waals surface area (Å²) in [5, 5.41) is 5.79. The molecule has 0 bridgehead atoms. The van der Waals surface area contributed by atoms with Gasteiger partial charge in [-0.2, -0.15) is 0 Å². The predicted octanol–water partition coefficient (Wildman–Crippen LogP) is 4.18. The molecule has 1 unspecified atom stereocenters. The second-order valence-corrected chi connectivity index (χ2v) is 6.94. The van der Waals surface area contributed by atoms with Crippen LogP contribution < -0.4 is 15.4 Å². The van der Waals surface area contributed by atoms with Gasteiger partial charge in [-0.15, -0.1) is 18.3 Å². The number of rotatable bonds is 9. The molecule has 0 fully saturated rings. The van der Waals surface area contributed by atoms with E-state index in [2.05, 4.69) is 17.2 Å². The van der Waals surface area contributed by atoms with E-state index in [9.17, 15) is 9.59 Å². The van der Waals surface area contributed by atoms with Gasteiger partial charge >= 0.3 is 0 Å². The van der Waals surface area contributed by atoms with Crippen molar-refractivity contribution >= 4 is 29.3 Å². The van der Waals surface area contributed by atoms with Gasteiger partial charge in [0, 0.05) is 17.6 Å². The lowest BCUT2D eigenvalue weighted by Crippen LogP contribution is -2.29. The number of methoxy groups -OCH3 is 1. The molecule has 2 amide bonds. The van der Waals surface area contributed by atoms with Crippen LogP contribution in [0.15, 0.2) is 66.1 Å². The van der Waals surface area contributed by atoms with E-state index in [1.807, 2.05) is 54.6 Å². The lowest BCUT2D eigenvalue weighted by Gasteiger charge is -2.19. The summed E-state index contributed by atoms with van der Waals surface area (Å²) in [5.41, 5.74) is 1.60. The Morgan fingerprint density at radius 3 is 2.52 bits per heavy atom. The summed E-state index contributed by atoms with van der Waals surface area (Å²) < 4.78 is 5.16. The molecule has 0 aliphatic carbocycles. The number of amides is 2. The normalized spacial score (nSPS) is 11.3. The molecule has 0 saturated carbocycles. The van der Waals surface area contributed by atoms with E-state index in [4.69, 9.17) is 4.74 Å². The standard InChI is InChI=1S/C21H24N2O3S/c1-4-13-27-20-8-6-5-7-18(20)23-21(25)14-19(22-15(2)24)16-9-11-17(26-3)12-10-16/h4-12,19H,1,13-14H2,2-3H3,(H,22,24)(H,23,25). The van der Waals surface area contributed by atoms with Gasteiger partial charge in [-0.1, -0.05) is 30.3 Å². The lowest BCUT2D eigenvalue weighted by atomic mass is 10.0. The highest BCUT2D eigenvalue weighted by Gasteiger charge is 2.18. The fraction of sp³-hybridized carbons (Fsp3) is 0.238. The zero-order valence-electron chi connectivity index (χ0n) is 15.5. The van der Waals surface area contributed by atoms with Crippen molar-refractivity contribution in [1.29, 1.82) is 0 Å². The molecule has 0 aliphatic heterocycles. The summed E-state index contributed by atoms with van der Waals surface area (Å²) in [7, 11) is 1.59. The first-order chi connectivity index (χ1) is 13.0. The monoisotopic (exact) mass is 384 g/mol. The van der Waals surface area contributed by atoms with Gasteiger partial charge in [0.25, 0.3) is 0 Å². The van der Waals surface area contributed by atoms with Crippen LogP contribution in [0.5, 0.6) is 5.75 Å². The fourth-order valence-electron chi connectivity index (χ4n) is 2.56. The first-order valence-electron chi connectivity index (χ1n) is 8.57. The van der Waals surface area contributed by atoms with E-state index >= 15 is 0 Å². The van der Waals surface area contributed by atoms with Crippen LogP contribution in [-0.4, -0.2) is 24.7 Å². The first kappa shape index (κ1) is 20.6. The molecule has 2 rings (SSSR count). The second-order valence-electron chi connectivity index (χ2n) is 5.87. The van der Waals surface area contributed by atoms with E-state index < -0.39 is 6.04 Å². The third-order valence-electron chi connectivity index (χ3n) is 3.80. The zero-order chi connectivity index (χ0) is 19.6. The number of hydrogen-bond acceptors (Lipinski definition) is 4. The van der Waals surface area contributed by atoms with E-state index in [0.717, 1.165) is 27.6 Å². The van der Waals surface area contributed by atoms with E-state index in [0.29, 0.717) is 0 Å². The molecule has 0 heterocycles. The topological polar surface area (TPSA) is 67.4 Å². The van der Waals surface area contributed by atoms with E-state index in [-0.39, 0.29) is 18.2 Å². The molecule has 2 aromatic rings. The van der Waals surface area contributed by atoms with Crippen molar-refractivity contribution in [2.24, 2.45) is 0 Å². The molecule has 1 atom stereocenters. The van der Waals surface area contributed by atoms with Gasteiger partial charge in [0.2, 0.25) is 11.8 Å². The second kappa shape index (κ2) is 10.4. The van der Waals surface area contributed by atoms with Gasteiger partial charge in [-0.3, -0.25) is 9.59 Å². The van der Waals surface area contributed by atoms with Crippen LogP contribution in [0.4, 0.5) is 5.69 Å². The maximum Gasteiger partial charge on any atom is 0.226 e. The van der Waals surface area contributed by atoms with Crippen LogP contribution in [0.3, 0.4) is 0 Å². The summed E-state index contributed by atoms with van der Waals surface area (Å²) in [4.78, 5) is 25.2. The zero-order valence-corrected chi connectivity index (χ0v) is 16.3. The minimum atomic E-state index is -0.415. The van der Waals surface area contributed by atoms with Gasteiger partial charge in [-0.05, 0) is 29.8 Å².